The zero-order valence-electron chi connectivity index (χ0n) is 11.8. The second-order valence-corrected chi connectivity index (χ2v) is 4.92. The van der Waals surface area contributed by atoms with E-state index in [0.717, 1.165) is 21.0 Å². The smallest absolute Gasteiger partial charge is 0.332 e. The second-order valence-electron chi connectivity index (χ2n) is 4.92. The molecule has 5 nitrogen and oxygen atoms in total. The number of nitrogens with zero attached hydrogens (tertiary/aromatic N) is 2. The second kappa shape index (κ2) is 4.94. The molecule has 0 saturated heterocycles. The van der Waals surface area contributed by atoms with Gasteiger partial charge >= 0.3 is 5.69 Å². The van der Waals surface area contributed by atoms with Crippen molar-refractivity contribution in [2.75, 3.05) is 5.32 Å². The highest BCUT2D eigenvalue weighted by Gasteiger charge is 2.07. The van der Waals surface area contributed by atoms with E-state index in [9.17, 15) is 9.59 Å². The van der Waals surface area contributed by atoms with E-state index >= 15 is 0 Å². The highest BCUT2D eigenvalue weighted by Crippen LogP contribution is 2.25. The van der Waals surface area contributed by atoms with Crippen LogP contribution in [0.25, 0.3) is 10.8 Å². The molecule has 0 aliphatic carbocycles. The lowest BCUT2D eigenvalue weighted by atomic mass is 10.1. The van der Waals surface area contributed by atoms with Crippen LogP contribution in [0.1, 0.15) is 0 Å². The van der Waals surface area contributed by atoms with Gasteiger partial charge in [0.05, 0.1) is 0 Å². The van der Waals surface area contributed by atoms with Crippen molar-refractivity contribution < 1.29 is 0 Å². The molecule has 21 heavy (non-hydrogen) atoms. The zero-order valence-corrected chi connectivity index (χ0v) is 11.8. The Labute approximate surface area is 121 Å². The Balaban J connectivity index is 2.16. The first-order valence-corrected chi connectivity index (χ1v) is 6.60. The van der Waals surface area contributed by atoms with E-state index < -0.39 is 0 Å². The summed E-state index contributed by atoms with van der Waals surface area (Å²) in [6.45, 7) is 0. The van der Waals surface area contributed by atoms with Gasteiger partial charge < -0.3 is 5.32 Å². The first-order valence-electron chi connectivity index (χ1n) is 6.60. The molecule has 0 atom stereocenters. The molecule has 0 radical (unpaired) electrons. The molecular weight excluding hydrogens is 266 g/mol. The van der Waals surface area contributed by atoms with E-state index in [2.05, 4.69) is 5.32 Å². The Bertz CT molecular complexity index is 933. The topological polar surface area (TPSA) is 56.0 Å². The first kappa shape index (κ1) is 13.2. The summed E-state index contributed by atoms with van der Waals surface area (Å²) in [6, 6.07) is 15.2. The molecule has 0 amide bonds. The summed E-state index contributed by atoms with van der Waals surface area (Å²) in [5.41, 5.74) is 0.169. The summed E-state index contributed by atoms with van der Waals surface area (Å²) in [6.07, 6.45) is 0. The standard InChI is InChI=1S/C16H15N3O2/c1-18-14(10-15(20)19(2)16(18)21)17-13-9-5-7-11-6-3-4-8-12(11)13/h3-10,17H,1-2H3. The Kier molecular flexibility index (Phi) is 3.10. The minimum absolute atomic E-state index is 0.333. The molecule has 3 aromatic rings. The average molecular weight is 281 g/mol. The van der Waals surface area contributed by atoms with Crippen LogP contribution in [0.15, 0.2) is 58.1 Å². The fraction of sp³-hybridized carbons (Fsp3) is 0.125. The van der Waals surface area contributed by atoms with Crippen LogP contribution in [-0.4, -0.2) is 9.13 Å². The number of rotatable bonds is 2. The Morgan fingerprint density at radius 1 is 0.905 bits per heavy atom. The molecule has 0 aliphatic heterocycles. The maximum atomic E-state index is 11.9. The molecule has 0 bridgehead atoms. The van der Waals surface area contributed by atoms with Crippen molar-refractivity contribution in [3.8, 4) is 0 Å². The first-order chi connectivity index (χ1) is 10.1. The largest absolute Gasteiger partial charge is 0.341 e. The van der Waals surface area contributed by atoms with Crippen molar-refractivity contribution in [1.82, 2.24) is 9.13 Å². The predicted octanol–water partition coefficient (Wildman–Crippen LogP) is 1.98. The normalized spacial score (nSPS) is 10.8. The number of anilines is 2. The van der Waals surface area contributed by atoms with Crippen LogP contribution in [0.3, 0.4) is 0 Å². The number of hydrogen-bond acceptors (Lipinski definition) is 3. The third-order valence-corrected chi connectivity index (χ3v) is 3.58. The molecule has 1 heterocycles. The lowest BCUT2D eigenvalue weighted by Crippen LogP contribution is -2.37. The van der Waals surface area contributed by atoms with Gasteiger partial charge in [-0.2, -0.15) is 0 Å². The van der Waals surface area contributed by atoms with Gasteiger partial charge in [0, 0.05) is 31.2 Å². The lowest BCUT2D eigenvalue weighted by Gasteiger charge is -2.13. The third kappa shape index (κ3) is 2.23. The highest BCUT2D eigenvalue weighted by molar-refractivity contribution is 5.95. The summed E-state index contributed by atoms with van der Waals surface area (Å²) >= 11 is 0. The minimum Gasteiger partial charge on any atom is -0.341 e. The molecule has 0 spiro atoms. The van der Waals surface area contributed by atoms with Gasteiger partial charge in [0.1, 0.15) is 5.82 Å². The Morgan fingerprint density at radius 3 is 2.43 bits per heavy atom. The van der Waals surface area contributed by atoms with Crippen molar-refractivity contribution in [2.24, 2.45) is 14.1 Å². The van der Waals surface area contributed by atoms with E-state index in [-0.39, 0.29) is 11.2 Å². The number of benzene rings is 2. The molecule has 106 valence electrons. The molecule has 1 N–H and O–H groups in total. The van der Waals surface area contributed by atoms with Crippen molar-refractivity contribution in [3.05, 3.63) is 69.4 Å². The molecule has 5 heteroatoms. The van der Waals surface area contributed by atoms with Crippen molar-refractivity contribution in [1.29, 1.82) is 0 Å². The van der Waals surface area contributed by atoms with Crippen LogP contribution in [0, 0.1) is 0 Å². The Hall–Kier alpha value is -2.82. The lowest BCUT2D eigenvalue weighted by molar-refractivity contribution is 0.693. The summed E-state index contributed by atoms with van der Waals surface area (Å²) in [5.74, 6) is 0.472. The van der Waals surface area contributed by atoms with Crippen LogP contribution >= 0.6 is 0 Å². The third-order valence-electron chi connectivity index (χ3n) is 3.58. The number of nitrogens with one attached hydrogen (secondary N) is 1. The van der Waals surface area contributed by atoms with E-state index in [4.69, 9.17) is 0 Å². The Morgan fingerprint density at radius 2 is 1.62 bits per heavy atom. The minimum atomic E-state index is -0.356. The summed E-state index contributed by atoms with van der Waals surface area (Å²) in [7, 11) is 3.10. The van der Waals surface area contributed by atoms with E-state index in [1.54, 1.807) is 7.05 Å². The monoisotopic (exact) mass is 281 g/mol. The van der Waals surface area contributed by atoms with Crippen molar-refractivity contribution >= 4 is 22.3 Å². The highest BCUT2D eigenvalue weighted by atomic mass is 16.2. The van der Waals surface area contributed by atoms with Gasteiger partial charge in [-0.1, -0.05) is 36.4 Å². The van der Waals surface area contributed by atoms with Gasteiger partial charge in [0.15, 0.2) is 0 Å². The molecule has 0 saturated carbocycles. The molecule has 3 rings (SSSR count). The molecule has 0 aliphatic rings. The van der Waals surface area contributed by atoms with Crippen LogP contribution in [0.4, 0.5) is 11.5 Å². The van der Waals surface area contributed by atoms with E-state index in [0.29, 0.717) is 5.82 Å². The van der Waals surface area contributed by atoms with Crippen LogP contribution < -0.4 is 16.6 Å². The van der Waals surface area contributed by atoms with Gasteiger partial charge in [0.25, 0.3) is 5.56 Å². The number of hydrogen-bond donors (Lipinski definition) is 1. The van der Waals surface area contributed by atoms with Gasteiger partial charge in [-0.3, -0.25) is 13.9 Å². The zero-order chi connectivity index (χ0) is 15.0. The molecule has 1 aromatic heterocycles. The number of aromatic nitrogens is 2. The van der Waals surface area contributed by atoms with E-state index in [1.807, 2.05) is 42.5 Å². The predicted molar refractivity (Wildman–Crippen MR) is 84.2 cm³/mol. The van der Waals surface area contributed by atoms with Crippen LogP contribution in [0.5, 0.6) is 0 Å². The maximum Gasteiger partial charge on any atom is 0.332 e. The molecule has 0 fully saturated rings. The van der Waals surface area contributed by atoms with Crippen molar-refractivity contribution in [2.45, 2.75) is 0 Å². The molecule has 2 aromatic carbocycles. The van der Waals surface area contributed by atoms with Crippen LogP contribution in [0.2, 0.25) is 0 Å². The summed E-state index contributed by atoms with van der Waals surface area (Å²) < 4.78 is 2.50. The molecule has 0 unspecified atom stereocenters. The van der Waals surface area contributed by atoms with Gasteiger partial charge in [-0.25, -0.2) is 4.79 Å². The SMILES string of the molecule is Cn1c(Nc2cccc3ccccc23)cc(=O)n(C)c1=O. The van der Waals surface area contributed by atoms with Gasteiger partial charge in [-0.05, 0) is 11.5 Å². The fourth-order valence-corrected chi connectivity index (χ4v) is 2.33. The fourth-order valence-electron chi connectivity index (χ4n) is 2.33. The van der Waals surface area contributed by atoms with Crippen molar-refractivity contribution in [3.63, 3.8) is 0 Å². The average Bonchev–Trinajstić information content (AvgIpc) is 2.51. The van der Waals surface area contributed by atoms with E-state index in [1.165, 1.54) is 17.7 Å². The maximum absolute atomic E-state index is 11.9. The summed E-state index contributed by atoms with van der Waals surface area (Å²) in [4.78, 5) is 23.7. The quantitative estimate of drug-likeness (QED) is 0.781. The van der Waals surface area contributed by atoms with Crippen LogP contribution in [-0.2, 0) is 14.1 Å². The van der Waals surface area contributed by atoms with Gasteiger partial charge in [0.2, 0.25) is 0 Å². The van der Waals surface area contributed by atoms with Gasteiger partial charge in [-0.15, -0.1) is 0 Å². The summed E-state index contributed by atoms with van der Waals surface area (Å²) in [5, 5.41) is 5.30. The number of fused-ring (bicyclic) bond motifs is 1. The molecular formula is C16H15N3O2.